The number of oxime groups is 1. The van der Waals surface area contributed by atoms with Crippen LogP contribution in [0.3, 0.4) is 0 Å². The summed E-state index contributed by atoms with van der Waals surface area (Å²) in [6.45, 7) is 5.27. The van der Waals surface area contributed by atoms with E-state index in [-0.39, 0.29) is 34.0 Å². The summed E-state index contributed by atoms with van der Waals surface area (Å²) in [6.07, 6.45) is 1.42. The fourth-order valence-corrected chi connectivity index (χ4v) is 1.82. The Morgan fingerprint density at radius 3 is 2.58 bits per heavy atom. The molecule has 124 valence electrons. The molecule has 2 rings (SSSR count). The highest BCUT2D eigenvalue weighted by molar-refractivity contribution is 6.14. The minimum atomic E-state index is -0.829. The maximum absolute atomic E-state index is 14.0. The Bertz CT molecular complexity index is 836. The molecule has 0 bridgehead atoms. The molecule has 2 aromatic rings. The third kappa shape index (κ3) is 3.79. The molecule has 0 saturated heterocycles. The molecule has 1 aromatic carbocycles. The first-order valence-electron chi connectivity index (χ1n) is 7.06. The maximum atomic E-state index is 14.0. The van der Waals surface area contributed by atoms with Gasteiger partial charge in [0.2, 0.25) is 0 Å². The number of nitrogens with zero attached hydrogens (tertiary/aromatic N) is 3. The van der Waals surface area contributed by atoms with Crippen LogP contribution in [-0.2, 0) is 4.84 Å². The Labute approximate surface area is 138 Å². The molecule has 0 unspecified atom stereocenters. The monoisotopic (exact) mass is 329 g/mol. The quantitative estimate of drug-likeness (QED) is 0.666. The van der Waals surface area contributed by atoms with Gasteiger partial charge in [0.15, 0.2) is 0 Å². The predicted molar refractivity (Wildman–Crippen MR) is 85.2 cm³/mol. The van der Waals surface area contributed by atoms with Gasteiger partial charge in [-0.1, -0.05) is 5.16 Å². The zero-order valence-electron chi connectivity index (χ0n) is 13.4. The van der Waals surface area contributed by atoms with E-state index >= 15 is 0 Å². The largest absolute Gasteiger partial charge is 0.507 e. The molecule has 0 spiro atoms. The van der Waals surface area contributed by atoms with E-state index in [0.29, 0.717) is 0 Å². The third-order valence-corrected chi connectivity index (χ3v) is 2.88. The Kier molecular flexibility index (Phi) is 4.69. The minimum absolute atomic E-state index is 0.0150. The second-order valence-electron chi connectivity index (χ2n) is 5.98. The van der Waals surface area contributed by atoms with Gasteiger partial charge < -0.3 is 15.1 Å². The van der Waals surface area contributed by atoms with E-state index in [1.54, 1.807) is 26.8 Å². The number of aromatic nitrogens is 1. The van der Waals surface area contributed by atoms with Gasteiger partial charge in [-0.25, -0.2) is 4.39 Å². The van der Waals surface area contributed by atoms with Crippen molar-refractivity contribution in [3.05, 3.63) is 53.1 Å². The minimum Gasteiger partial charge on any atom is -0.507 e. The molecule has 7 heteroatoms. The van der Waals surface area contributed by atoms with Crippen molar-refractivity contribution in [2.75, 3.05) is 0 Å². The molecule has 0 aliphatic carbocycles. The molecule has 2 N–H and O–H groups in total. The highest BCUT2D eigenvalue weighted by atomic mass is 19.1. The molecule has 0 amide bonds. The summed E-state index contributed by atoms with van der Waals surface area (Å²) in [7, 11) is 0. The van der Waals surface area contributed by atoms with Crippen LogP contribution in [0.15, 0.2) is 35.6 Å². The van der Waals surface area contributed by atoms with E-state index in [2.05, 4.69) is 10.1 Å². The lowest BCUT2D eigenvalue weighted by Gasteiger charge is -2.17. The number of hydrogen-bond acceptors (Lipinski definition) is 6. The topological polar surface area (TPSA) is 98.7 Å². The summed E-state index contributed by atoms with van der Waals surface area (Å²) in [5.74, 6) is -1.42. The Morgan fingerprint density at radius 2 is 2.00 bits per heavy atom. The SMILES string of the molecule is CC(C)(C)O/N=C(/c1cc(F)c(C#N)cc1O)c1ncccc1O. The van der Waals surface area contributed by atoms with E-state index in [0.717, 1.165) is 12.1 Å². The maximum Gasteiger partial charge on any atom is 0.143 e. The van der Waals surface area contributed by atoms with Crippen LogP contribution in [0.4, 0.5) is 4.39 Å². The second kappa shape index (κ2) is 6.54. The van der Waals surface area contributed by atoms with Crippen molar-refractivity contribution < 1.29 is 19.4 Å². The average molecular weight is 329 g/mol. The number of nitriles is 1. The molecular formula is C17H16FN3O3. The molecule has 0 aliphatic rings. The van der Waals surface area contributed by atoms with Crippen molar-refractivity contribution in [1.29, 1.82) is 5.26 Å². The zero-order valence-corrected chi connectivity index (χ0v) is 13.4. The predicted octanol–water partition coefficient (Wildman–Crippen LogP) is 3.07. The van der Waals surface area contributed by atoms with E-state index in [9.17, 15) is 14.6 Å². The molecule has 0 saturated carbocycles. The lowest BCUT2D eigenvalue weighted by Crippen LogP contribution is -2.18. The first kappa shape index (κ1) is 17.2. The molecule has 0 aliphatic heterocycles. The summed E-state index contributed by atoms with van der Waals surface area (Å²) in [6, 6.07) is 6.47. The van der Waals surface area contributed by atoms with Crippen molar-refractivity contribution in [2.24, 2.45) is 5.16 Å². The molecule has 0 fully saturated rings. The van der Waals surface area contributed by atoms with Crippen LogP contribution in [0.5, 0.6) is 11.5 Å². The standard InChI is InChI=1S/C17H16FN3O3/c1-17(2,3)24-21-15(16-13(22)5-4-6-20-16)11-8-12(18)10(9-19)7-14(11)23/h4-8,22-23H,1-3H3/b21-15-. The summed E-state index contributed by atoms with van der Waals surface area (Å²) >= 11 is 0. The van der Waals surface area contributed by atoms with Gasteiger partial charge in [-0.2, -0.15) is 5.26 Å². The number of phenolic OH excluding ortho intramolecular Hbond substituents is 1. The van der Waals surface area contributed by atoms with Crippen molar-refractivity contribution in [1.82, 2.24) is 4.98 Å². The summed E-state index contributed by atoms with van der Waals surface area (Å²) in [5.41, 5.74) is -1.05. The fraction of sp³-hybridized carbons (Fsp3) is 0.235. The average Bonchev–Trinajstić information content (AvgIpc) is 2.50. The van der Waals surface area contributed by atoms with Crippen molar-refractivity contribution >= 4 is 5.71 Å². The third-order valence-electron chi connectivity index (χ3n) is 2.88. The van der Waals surface area contributed by atoms with Crippen LogP contribution in [0.1, 0.15) is 37.6 Å². The van der Waals surface area contributed by atoms with Gasteiger partial charge >= 0.3 is 0 Å². The van der Waals surface area contributed by atoms with Crippen LogP contribution >= 0.6 is 0 Å². The van der Waals surface area contributed by atoms with E-state index in [4.69, 9.17) is 10.1 Å². The van der Waals surface area contributed by atoms with Gasteiger partial charge in [-0.15, -0.1) is 0 Å². The molecule has 24 heavy (non-hydrogen) atoms. The molecule has 1 heterocycles. The number of phenols is 1. The van der Waals surface area contributed by atoms with Gasteiger partial charge in [0.05, 0.1) is 11.1 Å². The van der Waals surface area contributed by atoms with E-state index < -0.39 is 11.4 Å². The van der Waals surface area contributed by atoms with Crippen LogP contribution in [-0.4, -0.2) is 26.5 Å². The van der Waals surface area contributed by atoms with Gasteiger partial charge in [0, 0.05) is 12.3 Å². The van der Waals surface area contributed by atoms with Gasteiger partial charge in [-0.3, -0.25) is 4.98 Å². The van der Waals surface area contributed by atoms with Crippen molar-refractivity contribution in [2.45, 2.75) is 26.4 Å². The molecule has 0 atom stereocenters. The number of hydrogen-bond donors (Lipinski definition) is 2. The highest BCUT2D eigenvalue weighted by Gasteiger charge is 2.21. The second-order valence-corrected chi connectivity index (χ2v) is 5.98. The molecule has 6 nitrogen and oxygen atoms in total. The first-order chi connectivity index (χ1) is 11.2. The van der Waals surface area contributed by atoms with E-state index in [1.807, 2.05) is 0 Å². The van der Waals surface area contributed by atoms with Gasteiger partial charge in [0.25, 0.3) is 0 Å². The molecule has 0 radical (unpaired) electrons. The van der Waals surface area contributed by atoms with Gasteiger partial charge in [0.1, 0.15) is 40.4 Å². The fourth-order valence-electron chi connectivity index (χ4n) is 1.82. The number of pyridine rings is 1. The van der Waals surface area contributed by atoms with E-state index in [1.165, 1.54) is 18.3 Å². The smallest absolute Gasteiger partial charge is 0.143 e. The van der Waals surface area contributed by atoms with Crippen molar-refractivity contribution in [3.8, 4) is 17.6 Å². The van der Waals surface area contributed by atoms with Crippen LogP contribution < -0.4 is 0 Å². The highest BCUT2D eigenvalue weighted by Crippen LogP contribution is 2.27. The Morgan fingerprint density at radius 1 is 1.29 bits per heavy atom. The lowest BCUT2D eigenvalue weighted by atomic mass is 10.0. The number of halogens is 1. The number of benzene rings is 1. The molecule has 1 aromatic heterocycles. The summed E-state index contributed by atoms with van der Waals surface area (Å²) in [5, 5.41) is 32.9. The van der Waals surface area contributed by atoms with Gasteiger partial charge in [-0.05, 0) is 39.0 Å². The Balaban J connectivity index is 2.66. The lowest BCUT2D eigenvalue weighted by molar-refractivity contribution is 0.00108. The number of aromatic hydroxyl groups is 2. The van der Waals surface area contributed by atoms with Crippen LogP contribution in [0.25, 0.3) is 0 Å². The zero-order chi connectivity index (χ0) is 17.9. The van der Waals surface area contributed by atoms with Crippen LogP contribution in [0.2, 0.25) is 0 Å². The summed E-state index contributed by atoms with van der Waals surface area (Å²) in [4.78, 5) is 9.35. The normalized spacial score (nSPS) is 11.9. The van der Waals surface area contributed by atoms with Crippen molar-refractivity contribution in [3.63, 3.8) is 0 Å². The molecular weight excluding hydrogens is 313 g/mol. The van der Waals surface area contributed by atoms with Crippen LogP contribution in [0, 0.1) is 17.1 Å². The first-order valence-corrected chi connectivity index (χ1v) is 7.06. The Hall–Kier alpha value is -3.14. The number of rotatable bonds is 3. The summed E-state index contributed by atoms with van der Waals surface area (Å²) < 4.78 is 14.0.